The molecule has 31 heavy (non-hydrogen) atoms. The molecular weight excluding hydrogens is 436 g/mol. The Hall–Kier alpha value is -2.90. The fraction of sp³-hybridized carbons (Fsp3) is 0.217. The van der Waals surface area contributed by atoms with Gasteiger partial charge in [-0.25, -0.2) is 18.4 Å². The summed E-state index contributed by atoms with van der Waals surface area (Å²) in [4.78, 5) is 33.1. The van der Waals surface area contributed by atoms with E-state index in [-0.39, 0.29) is 40.9 Å². The van der Waals surface area contributed by atoms with Crippen molar-refractivity contribution >= 4 is 33.0 Å². The maximum Gasteiger partial charge on any atom is 0.185 e. The molecule has 0 amide bonds. The maximum atomic E-state index is 12.7. The molecule has 0 saturated carbocycles. The summed E-state index contributed by atoms with van der Waals surface area (Å²) in [5.41, 5.74) is 2.35. The van der Waals surface area contributed by atoms with E-state index in [4.69, 9.17) is 11.6 Å². The first-order valence-corrected chi connectivity index (χ1v) is 11.6. The Morgan fingerprint density at radius 2 is 1.55 bits per heavy atom. The van der Waals surface area contributed by atoms with Crippen LogP contribution in [0.2, 0.25) is 5.02 Å². The molecule has 160 valence electrons. The largest absolute Gasteiger partial charge is 0.299 e. The third-order valence-corrected chi connectivity index (χ3v) is 6.52. The molecule has 0 aliphatic rings. The standard InChI is InChI=1S/C23H21ClN2O4S/c1-15-11-16(2)26-23(25-15)14-31(29,30)19-9-7-17(8-10-19)12-18(27)13-22(28)20-5-3-4-6-21(20)24/h3-11H,12-14H2,1-2H3. The van der Waals surface area contributed by atoms with Gasteiger partial charge < -0.3 is 0 Å². The molecule has 0 bridgehead atoms. The summed E-state index contributed by atoms with van der Waals surface area (Å²) in [6, 6.07) is 14.4. The molecule has 2 aromatic carbocycles. The van der Waals surface area contributed by atoms with Gasteiger partial charge in [0.15, 0.2) is 15.6 Å². The second-order valence-electron chi connectivity index (χ2n) is 7.27. The van der Waals surface area contributed by atoms with Crippen molar-refractivity contribution in [1.82, 2.24) is 9.97 Å². The van der Waals surface area contributed by atoms with Gasteiger partial charge in [0.1, 0.15) is 17.4 Å². The van der Waals surface area contributed by atoms with Gasteiger partial charge in [0.2, 0.25) is 0 Å². The molecular formula is C23H21ClN2O4S. The van der Waals surface area contributed by atoms with Crippen molar-refractivity contribution in [3.8, 4) is 0 Å². The zero-order valence-electron chi connectivity index (χ0n) is 17.1. The van der Waals surface area contributed by atoms with Crippen LogP contribution in [0.15, 0.2) is 59.5 Å². The number of hydrogen-bond acceptors (Lipinski definition) is 6. The first-order chi connectivity index (χ1) is 14.6. The normalized spacial score (nSPS) is 11.3. The number of aromatic nitrogens is 2. The highest BCUT2D eigenvalue weighted by molar-refractivity contribution is 7.90. The number of carbonyl (C=O) groups is 2. The first-order valence-electron chi connectivity index (χ1n) is 9.56. The molecule has 0 spiro atoms. The molecule has 3 aromatic rings. The van der Waals surface area contributed by atoms with Crippen LogP contribution in [0.1, 0.15) is 39.6 Å². The highest BCUT2D eigenvalue weighted by Gasteiger charge is 2.19. The Morgan fingerprint density at radius 1 is 0.935 bits per heavy atom. The average molecular weight is 457 g/mol. The minimum atomic E-state index is -3.63. The molecule has 1 heterocycles. The van der Waals surface area contributed by atoms with Crippen molar-refractivity contribution in [3.05, 3.63) is 88.0 Å². The smallest absolute Gasteiger partial charge is 0.185 e. The summed E-state index contributed by atoms with van der Waals surface area (Å²) in [7, 11) is -3.63. The Labute approximate surface area is 186 Å². The van der Waals surface area contributed by atoms with Crippen molar-refractivity contribution in [2.24, 2.45) is 0 Å². The van der Waals surface area contributed by atoms with Crippen LogP contribution in [-0.2, 0) is 26.8 Å². The van der Waals surface area contributed by atoms with Crippen LogP contribution in [0.4, 0.5) is 0 Å². The van der Waals surface area contributed by atoms with Gasteiger partial charge >= 0.3 is 0 Å². The molecule has 0 fully saturated rings. The van der Waals surface area contributed by atoms with E-state index >= 15 is 0 Å². The van der Waals surface area contributed by atoms with Gasteiger partial charge in [-0.05, 0) is 49.7 Å². The quantitative estimate of drug-likeness (QED) is 0.374. The van der Waals surface area contributed by atoms with Gasteiger partial charge in [0.05, 0.1) is 16.3 Å². The maximum absolute atomic E-state index is 12.7. The topological polar surface area (TPSA) is 94.1 Å². The Kier molecular flexibility index (Phi) is 6.97. The zero-order valence-corrected chi connectivity index (χ0v) is 18.7. The van der Waals surface area contributed by atoms with Crippen molar-refractivity contribution < 1.29 is 18.0 Å². The van der Waals surface area contributed by atoms with E-state index in [0.717, 1.165) is 0 Å². The molecule has 0 radical (unpaired) electrons. The van der Waals surface area contributed by atoms with Gasteiger partial charge in [-0.15, -0.1) is 0 Å². The molecule has 8 heteroatoms. The molecule has 0 aliphatic carbocycles. The van der Waals surface area contributed by atoms with Crippen LogP contribution in [0.5, 0.6) is 0 Å². The SMILES string of the molecule is Cc1cc(C)nc(CS(=O)(=O)c2ccc(CC(=O)CC(=O)c3ccccc3Cl)cc2)n1. The monoisotopic (exact) mass is 456 g/mol. The summed E-state index contributed by atoms with van der Waals surface area (Å²) >= 11 is 6.00. The second kappa shape index (κ2) is 9.49. The molecule has 0 saturated heterocycles. The molecule has 0 unspecified atom stereocenters. The van der Waals surface area contributed by atoms with E-state index in [2.05, 4.69) is 9.97 Å². The van der Waals surface area contributed by atoms with E-state index in [1.807, 2.05) is 0 Å². The summed E-state index contributed by atoms with van der Waals surface area (Å²) < 4.78 is 25.4. The number of carbonyl (C=O) groups excluding carboxylic acids is 2. The lowest BCUT2D eigenvalue weighted by Crippen LogP contribution is -2.12. The Bertz CT molecular complexity index is 1220. The third kappa shape index (κ3) is 6.06. The fourth-order valence-electron chi connectivity index (χ4n) is 3.18. The van der Waals surface area contributed by atoms with E-state index in [0.29, 0.717) is 27.5 Å². The number of rotatable bonds is 8. The number of sulfone groups is 1. The number of nitrogens with zero attached hydrogens (tertiary/aromatic N) is 2. The molecule has 6 nitrogen and oxygen atoms in total. The van der Waals surface area contributed by atoms with E-state index in [9.17, 15) is 18.0 Å². The first kappa shape index (κ1) is 22.8. The van der Waals surface area contributed by atoms with Gasteiger partial charge in [-0.1, -0.05) is 35.9 Å². The Morgan fingerprint density at radius 3 is 2.16 bits per heavy atom. The van der Waals surface area contributed by atoms with Crippen molar-refractivity contribution in [2.75, 3.05) is 0 Å². The third-order valence-electron chi connectivity index (χ3n) is 4.56. The molecule has 0 N–H and O–H groups in total. The number of aryl methyl sites for hydroxylation is 2. The number of halogens is 1. The number of hydrogen-bond donors (Lipinski definition) is 0. The lowest BCUT2D eigenvalue weighted by molar-refractivity contribution is -0.117. The highest BCUT2D eigenvalue weighted by Crippen LogP contribution is 2.19. The summed E-state index contributed by atoms with van der Waals surface area (Å²) in [5.74, 6) is -0.678. The predicted octanol–water partition coefficient (Wildman–Crippen LogP) is 4.11. The molecule has 0 aliphatic heterocycles. The average Bonchev–Trinajstić information content (AvgIpc) is 2.67. The van der Waals surface area contributed by atoms with E-state index in [1.165, 1.54) is 12.1 Å². The van der Waals surface area contributed by atoms with Gasteiger partial charge in [0, 0.05) is 23.4 Å². The summed E-state index contributed by atoms with van der Waals surface area (Å²) in [5, 5.41) is 0.308. The lowest BCUT2D eigenvalue weighted by Gasteiger charge is -2.07. The van der Waals surface area contributed by atoms with Crippen molar-refractivity contribution in [2.45, 2.75) is 37.3 Å². The van der Waals surface area contributed by atoms with Crippen molar-refractivity contribution in [1.29, 1.82) is 0 Å². The van der Waals surface area contributed by atoms with Crippen LogP contribution in [0.25, 0.3) is 0 Å². The van der Waals surface area contributed by atoms with Gasteiger partial charge in [0.25, 0.3) is 0 Å². The van der Waals surface area contributed by atoms with Crippen LogP contribution in [0.3, 0.4) is 0 Å². The van der Waals surface area contributed by atoms with Gasteiger partial charge in [-0.3, -0.25) is 9.59 Å². The van der Waals surface area contributed by atoms with Gasteiger partial charge in [-0.2, -0.15) is 0 Å². The number of Topliss-reactive ketones (excluding diaryl/α,β-unsaturated/α-hetero) is 2. The Balaban J connectivity index is 1.66. The molecule has 3 rings (SSSR count). The number of ketones is 2. The molecule has 1 aromatic heterocycles. The lowest BCUT2D eigenvalue weighted by atomic mass is 10.0. The highest BCUT2D eigenvalue weighted by atomic mass is 35.5. The van der Waals surface area contributed by atoms with Crippen LogP contribution in [0, 0.1) is 13.8 Å². The minimum absolute atomic E-state index is 0.0245. The summed E-state index contributed by atoms with van der Waals surface area (Å²) in [6.45, 7) is 3.57. The van der Waals surface area contributed by atoms with Crippen LogP contribution in [-0.4, -0.2) is 30.0 Å². The van der Waals surface area contributed by atoms with E-state index < -0.39 is 9.84 Å². The number of benzene rings is 2. The second-order valence-corrected chi connectivity index (χ2v) is 9.66. The van der Waals surface area contributed by atoms with Crippen LogP contribution >= 0.6 is 11.6 Å². The summed E-state index contributed by atoms with van der Waals surface area (Å²) in [6.07, 6.45) is -0.245. The molecule has 0 atom stereocenters. The van der Waals surface area contributed by atoms with Crippen LogP contribution < -0.4 is 0 Å². The van der Waals surface area contributed by atoms with E-state index in [1.54, 1.807) is 56.3 Å². The fourth-order valence-corrected chi connectivity index (χ4v) is 4.61. The zero-order chi connectivity index (χ0) is 22.6. The van der Waals surface area contributed by atoms with Crippen molar-refractivity contribution in [3.63, 3.8) is 0 Å². The predicted molar refractivity (Wildman–Crippen MR) is 118 cm³/mol. The minimum Gasteiger partial charge on any atom is -0.299 e.